The highest BCUT2D eigenvalue weighted by Gasteiger charge is 2.22. The lowest BCUT2D eigenvalue weighted by Crippen LogP contribution is -2.28. The van der Waals surface area contributed by atoms with Crippen LogP contribution in [-0.4, -0.2) is 11.5 Å². The number of anilines is 1. The van der Waals surface area contributed by atoms with Crippen LogP contribution in [0.15, 0.2) is 21.2 Å². The number of hydrogen-bond donors (Lipinski definition) is 1. The summed E-state index contributed by atoms with van der Waals surface area (Å²) < 4.78 is 1.97. The molecule has 0 aliphatic heterocycles. The summed E-state index contributed by atoms with van der Waals surface area (Å²) in [5.41, 5.74) is 0.258. The van der Waals surface area contributed by atoms with Crippen molar-refractivity contribution >= 4 is 37.7 Å². The van der Waals surface area contributed by atoms with Crippen molar-refractivity contribution in [2.45, 2.75) is 27.7 Å². The average molecular weight is 350 g/mol. The number of rotatable bonds is 4. The predicted molar refractivity (Wildman–Crippen MR) is 76.7 cm³/mol. The van der Waals surface area contributed by atoms with Crippen molar-refractivity contribution in [3.05, 3.63) is 21.2 Å². The Bertz CT molecular complexity index is 362. The third kappa shape index (κ3) is 3.74. The highest BCUT2D eigenvalue weighted by molar-refractivity contribution is 9.11. The third-order valence-electron chi connectivity index (χ3n) is 3.08. The first kappa shape index (κ1) is 14.0. The van der Waals surface area contributed by atoms with Crippen LogP contribution in [0.4, 0.5) is 5.82 Å². The predicted octanol–water partition coefficient (Wildman–Crippen LogP) is 4.70. The normalized spacial score (nSPS) is 11.9. The molecule has 2 nitrogen and oxygen atoms in total. The molecule has 1 heterocycles. The van der Waals surface area contributed by atoms with Crippen LogP contribution in [0.2, 0.25) is 0 Å². The van der Waals surface area contributed by atoms with E-state index in [-0.39, 0.29) is 5.41 Å². The Morgan fingerprint density at radius 3 is 2.50 bits per heavy atom. The van der Waals surface area contributed by atoms with Gasteiger partial charge in [0.1, 0.15) is 5.82 Å². The molecule has 0 radical (unpaired) electrons. The Labute approximate surface area is 114 Å². The zero-order valence-electron chi connectivity index (χ0n) is 10.1. The van der Waals surface area contributed by atoms with Gasteiger partial charge in [-0.3, -0.25) is 0 Å². The molecule has 0 aromatic carbocycles. The minimum atomic E-state index is 0.258. The van der Waals surface area contributed by atoms with Gasteiger partial charge in [-0.1, -0.05) is 27.7 Å². The molecule has 1 N–H and O–H groups in total. The number of nitrogens with zero attached hydrogens (tertiary/aromatic N) is 1. The first-order chi connectivity index (χ1) is 7.33. The van der Waals surface area contributed by atoms with E-state index in [1.807, 2.05) is 6.07 Å². The van der Waals surface area contributed by atoms with E-state index in [1.165, 1.54) is 0 Å². The van der Waals surface area contributed by atoms with Gasteiger partial charge < -0.3 is 5.32 Å². The molecular formula is C12H18Br2N2. The number of halogens is 2. The van der Waals surface area contributed by atoms with Gasteiger partial charge in [0.2, 0.25) is 0 Å². The lowest BCUT2D eigenvalue weighted by atomic mass is 9.81. The quantitative estimate of drug-likeness (QED) is 0.852. The summed E-state index contributed by atoms with van der Waals surface area (Å²) >= 11 is 6.89. The smallest absolute Gasteiger partial charge is 0.140 e. The Morgan fingerprint density at radius 1 is 1.38 bits per heavy atom. The van der Waals surface area contributed by atoms with E-state index in [9.17, 15) is 0 Å². The van der Waals surface area contributed by atoms with Crippen LogP contribution in [0.5, 0.6) is 0 Å². The zero-order valence-corrected chi connectivity index (χ0v) is 13.3. The molecule has 0 bridgehead atoms. The van der Waals surface area contributed by atoms with Gasteiger partial charge in [-0.15, -0.1) is 0 Å². The van der Waals surface area contributed by atoms with Crippen LogP contribution < -0.4 is 5.32 Å². The average Bonchev–Trinajstić information content (AvgIpc) is 2.16. The van der Waals surface area contributed by atoms with Crippen LogP contribution in [-0.2, 0) is 0 Å². The van der Waals surface area contributed by atoms with Crippen molar-refractivity contribution in [2.24, 2.45) is 11.3 Å². The molecule has 0 aliphatic rings. The van der Waals surface area contributed by atoms with Gasteiger partial charge in [0.15, 0.2) is 0 Å². The molecule has 0 atom stereocenters. The maximum Gasteiger partial charge on any atom is 0.140 e. The van der Waals surface area contributed by atoms with E-state index in [0.717, 1.165) is 21.3 Å². The molecule has 1 aromatic heterocycles. The maximum absolute atomic E-state index is 4.34. The van der Waals surface area contributed by atoms with E-state index in [4.69, 9.17) is 0 Å². The van der Waals surface area contributed by atoms with Gasteiger partial charge in [-0.2, -0.15) is 0 Å². The summed E-state index contributed by atoms with van der Waals surface area (Å²) in [6.45, 7) is 9.92. The molecule has 0 fully saturated rings. The van der Waals surface area contributed by atoms with E-state index >= 15 is 0 Å². The van der Waals surface area contributed by atoms with Crippen molar-refractivity contribution in [2.75, 3.05) is 11.9 Å². The summed E-state index contributed by atoms with van der Waals surface area (Å²) in [4.78, 5) is 4.34. The Kier molecular flexibility index (Phi) is 4.80. The summed E-state index contributed by atoms with van der Waals surface area (Å²) in [6.07, 6.45) is 1.80. The summed E-state index contributed by atoms with van der Waals surface area (Å²) in [5, 5.41) is 3.38. The van der Waals surface area contributed by atoms with E-state index in [2.05, 4.69) is 69.9 Å². The molecule has 16 heavy (non-hydrogen) atoms. The molecular weight excluding hydrogens is 332 g/mol. The van der Waals surface area contributed by atoms with Crippen molar-refractivity contribution in [1.82, 2.24) is 4.98 Å². The third-order valence-corrected chi connectivity index (χ3v) is 4.12. The largest absolute Gasteiger partial charge is 0.369 e. The second-order valence-corrected chi connectivity index (χ2v) is 6.75. The summed E-state index contributed by atoms with van der Waals surface area (Å²) in [7, 11) is 0. The van der Waals surface area contributed by atoms with Crippen LogP contribution in [0.3, 0.4) is 0 Å². The molecule has 0 amide bonds. The van der Waals surface area contributed by atoms with Gasteiger partial charge in [0.25, 0.3) is 0 Å². The molecule has 0 spiro atoms. The second-order valence-electron chi connectivity index (χ2n) is 4.98. The molecule has 4 heteroatoms. The Hall–Kier alpha value is -0.0900. The number of pyridine rings is 1. The Morgan fingerprint density at radius 2 is 2.00 bits per heavy atom. The highest BCUT2D eigenvalue weighted by Crippen LogP contribution is 2.28. The lowest BCUT2D eigenvalue weighted by molar-refractivity contribution is 0.269. The van der Waals surface area contributed by atoms with E-state index in [1.54, 1.807) is 6.20 Å². The SMILES string of the molecule is CC(C)C(C)(C)CNc1ncc(Br)cc1Br. The van der Waals surface area contributed by atoms with Crippen LogP contribution in [0.25, 0.3) is 0 Å². The van der Waals surface area contributed by atoms with Crippen LogP contribution in [0, 0.1) is 11.3 Å². The maximum atomic E-state index is 4.34. The number of nitrogens with one attached hydrogen (secondary N) is 1. The van der Waals surface area contributed by atoms with Gasteiger partial charge in [0.05, 0.1) is 4.47 Å². The highest BCUT2D eigenvalue weighted by atomic mass is 79.9. The monoisotopic (exact) mass is 348 g/mol. The van der Waals surface area contributed by atoms with Crippen molar-refractivity contribution in [3.8, 4) is 0 Å². The van der Waals surface area contributed by atoms with Crippen molar-refractivity contribution < 1.29 is 0 Å². The lowest BCUT2D eigenvalue weighted by Gasteiger charge is -2.29. The van der Waals surface area contributed by atoms with Crippen LogP contribution >= 0.6 is 31.9 Å². The van der Waals surface area contributed by atoms with Gasteiger partial charge in [-0.25, -0.2) is 4.98 Å². The molecule has 1 rings (SSSR count). The standard InChI is InChI=1S/C12H18Br2N2/c1-8(2)12(3,4)7-16-11-10(14)5-9(13)6-15-11/h5-6,8H,7H2,1-4H3,(H,15,16). The van der Waals surface area contributed by atoms with E-state index < -0.39 is 0 Å². The summed E-state index contributed by atoms with van der Waals surface area (Å²) in [6, 6.07) is 2.00. The molecule has 0 saturated heterocycles. The first-order valence-corrected chi connectivity index (χ1v) is 6.96. The first-order valence-electron chi connectivity index (χ1n) is 5.38. The molecule has 0 saturated carbocycles. The van der Waals surface area contributed by atoms with Gasteiger partial charge in [0, 0.05) is 17.2 Å². The van der Waals surface area contributed by atoms with Gasteiger partial charge >= 0.3 is 0 Å². The molecule has 0 aliphatic carbocycles. The van der Waals surface area contributed by atoms with Gasteiger partial charge in [-0.05, 0) is 49.3 Å². The fraction of sp³-hybridized carbons (Fsp3) is 0.583. The zero-order chi connectivity index (χ0) is 12.3. The minimum Gasteiger partial charge on any atom is -0.369 e. The Balaban J connectivity index is 2.68. The van der Waals surface area contributed by atoms with Crippen molar-refractivity contribution in [1.29, 1.82) is 0 Å². The molecule has 90 valence electrons. The van der Waals surface area contributed by atoms with Crippen molar-refractivity contribution in [3.63, 3.8) is 0 Å². The topological polar surface area (TPSA) is 24.9 Å². The number of hydrogen-bond acceptors (Lipinski definition) is 2. The fourth-order valence-corrected chi connectivity index (χ4v) is 2.19. The number of aromatic nitrogens is 1. The molecule has 0 unspecified atom stereocenters. The fourth-order valence-electron chi connectivity index (χ4n) is 1.06. The van der Waals surface area contributed by atoms with Crippen LogP contribution in [0.1, 0.15) is 27.7 Å². The summed E-state index contributed by atoms with van der Waals surface area (Å²) in [5.74, 6) is 1.53. The second kappa shape index (κ2) is 5.50. The molecule has 1 aromatic rings. The van der Waals surface area contributed by atoms with E-state index in [0.29, 0.717) is 5.92 Å². The minimum absolute atomic E-state index is 0.258.